The Morgan fingerprint density at radius 1 is 1.11 bits per heavy atom. The highest BCUT2D eigenvalue weighted by atomic mass is 16.1. The maximum absolute atomic E-state index is 12.4. The Morgan fingerprint density at radius 3 is 2.61 bits per heavy atom. The predicted octanol–water partition coefficient (Wildman–Crippen LogP) is 3.38. The van der Waals surface area contributed by atoms with Gasteiger partial charge in [-0.05, 0) is 41.8 Å². The number of hydrogen-bond acceptors (Lipinski definition) is 6. The van der Waals surface area contributed by atoms with Crippen molar-refractivity contribution in [2.24, 2.45) is 5.11 Å². The van der Waals surface area contributed by atoms with Gasteiger partial charge in [-0.15, -0.1) is 0 Å². The minimum absolute atomic E-state index is 0.267. The van der Waals surface area contributed by atoms with E-state index >= 15 is 0 Å². The highest BCUT2D eigenvalue weighted by Gasteiger charge is 2.10. The molecule has 4 N–H and O–H groups in total. The van der Waals surface area contributed by atoms with Crippen LogP contribution in [0.2, 0.25) is 0 Å². The van der Waals surface area contributed by atoms with Crippen LogP contribution in [0.25, 0.3) is 16.6 Å². The number of aromatic nitrogens is 1. The molecule has 2 aromatic carbocycles. The number of hydrogen-bond donors (Lipinski definition) is 4. The number of fused-ring (bicyclic) bond motifs is 1. The molecule has 0 radical (unpaired) electrons. The van der Waals surface area contributed by atoms with E-state index < -0.39 is 0 Å². The summed E-state index contributed by atoms with van der Waals surface area (Å²) >= 11 is 0. The number of para-hydroxylation sites is 1. The molecule has 2 heterocycles. The lowest BCUT2D eigenvalue weighted by Gasteiger charge is -2.29. The van der Waals surface area contributed by atoms with Gasteiger partial charge in [0.25, 0.3) is 5.56 Å². The number of pyridine rings is 1. The second kappa shape index (κ2) is 8.06. The normalized spacial score (nSPS) is 14.9. The molecular formula is C21H22N6O. The topological polar surface area (TPSA) is 96.4 Å². The summed E-state index contributed by atoms with van der Waals surface area (Å²) in [4.78, 5) is 17.6. The number of nitrogens with zero attached hydrogens (tertiary/aromatic N) is 2. The van der Waals surface area contributed by atoms with Crippen LogP contribution >= 0.6 is 0 Å². The molecule has 142 valence electrons. The Morgan fingerprint density at radius 2 is 1.86 bits per heavy atom. The molecule has 0 spiro atoms. The van der Waals surface area contributed by atoms with E-state index in [4.69, 9.17) is 5.53 Å². The first-order valence-corrected chi connectivity index (χ1v) is 9.27. The summed E-state index contributed by atoms with van der Waals surface area (Å²) in [6.45, 7) is 3.99. The standard InChI is InChI=1S/C21H22N6O/c22-26-20(18-13-15-3-1-2-4-19(15)25-21(18)28)14-24-16-5-7-17(8-6-16)27-11-9-23-10-12-27/h1-8,13-14,22-24H,9-12H2,(H,25,28)/b20-14-,26-22?. The lowest BCUT2D eigenvalue weighted by Crippen LogP contribution is -2.43. The average molecular weight is 374 g/mol. The first kappa shape index (κ1) is 17.9. The zero-order chi connectivity index (χ0) is 19.3. The van der Waals surface area contributed by atoms with Crippen LogP contribution in [0.5, 0.6) is 0 Å². The van der Waals surface area contributed by atoms with Crippen LogP contribution in [0.1, 0.15) is 5.56 Å². The Bertz CT molecular complexity index is 1060. The number of rotatable bonds is 5. The SMILES string of the molecule is N=N/C(=C\Nc1ccc(N2CCNCC2)cc1)c1cc2ccccc2[nH]c1=O. The van der Waals surface area contributed by atoms with Crippen LogP contribution in [0.15, 0.2) is 70.7 Å². The van der Waals surface area contributed by atoms with Gasteiger partial charge in [-0.25, -0.2) is 5.53 Å². The summed E-state index contributed by atoms with van der Waals surface area (Å²) in [5.74, 6) is 0. The smallest absolute Gasteiger partial charge is 0.258 e. The number of H-pyrrole nitrogens is 1. The zero-order valence-corrected chi connectivity index (χ0v) is 15.4. The monoisotopic (exact) mass is 374 g/mol. The van der Waals surface area contributed by atoms with Crippen LogP contribution in [-0.4, -0.2) is 31.2 Å². The summed E-state index contributed by atoms with van der Waals surface area (Å²) in [5, 5.41) is 10.9. The predicted molar refractivity (Wildman–Crippen MR) is 113 cm³/mol. The van der Waals surface area contributed by atoms with Crippen LogP contribution in [0, 0.1) is 5.53 Å². The third kappa shape index (κ3) is 3.79. The molecule has 1 fully saturated rings. The summed E-state index contributed by atoms with van der Waals surface area (Å²) in [6.07, 6.45) is 1.59. The molecule has 0 bridgehead atoms. The fourth-order valence-electron chi connectivity index (χ4n) is 3.35. The molecule has 7 heteroatoms. The zero-order valence-electron chi connectivity index (χ0n) is 15.4. The van der Waals surface area contributed by atoms with Crippen molar-refractivity contribution in [1.82, 2.24) is 10.3 Å². The molecule has 0 amide bonds. The van der Waals surface area contributed by atoms with Gasteiger partial charge in [-0.3, -0.25) is 4.79 Å². The van der Waals surface area contributed by atoms with Gasteiger partial charge in [0, 0.05) is 49.3 Å². The molecule has 1 aliphatic heterocycles. The largest absolute Gasteiger partial charge is 0.369 e. The number of anilines is 2. The number of nitrogens with one attached hydrogen (secondary N) is 4. The Balaban J connectivity index is 1.55. The molecule has 7 nitrogen and oxygen atoms in total. The van der Waals surface area contributed by atoms with E-state index in [-0.39, 0.29) is 11.3 Å². The third-order valence-electron chi connectivity index (χ3n) is 4.87. The van der Waals surface area contributed by atoms with Crippen molar-refractivity contribution < 1.29 is 0 Å². The summed E-state index contributed by atoms with van der Waals surface area (Å²) in [6, 6.07) is 17.4. The van der Waals surface area contributed by atoms with Crippen LogP contribution in [0.3, 0.4) is 0 Å². The van der Waals surface area contributed by atoms with Gasteiger partial charge in [0.1, 0.15) is 5.70 Å². The lowest BCUT2D eigenvalue weighted by molar-refractivity contribution is 0.589. The number of aromatic amines is 1. The van der Waals surface area contributed by atoms with Crippen molar-refractivity contribution >= 4 is 28.0 Å². The Kier molecular flexibility index (Phi) is 5.16. The minimum atomic E-state index is -0.267. The van der Waals surface area contributed by atoms with Crippen molar-refractivity contribution in [3.8, 4) is 0 Å². The summed E-state index contributed by atoms with van der Waals surface area (Å²) in [5.41, 5.74) is 10.7. The number of benzene rings is 2. The maximum Gasteiger partial charge on any atom is 0.258 e. The van der Waals surface area contributed by atoms with Crippen molar-refractivity contribution in [1.29, 1.82) is 5.53 Å². The van der Waals surface area contributed by atoms with E-state index in [1.54, 1.807) is 12.3 Å². The van der Waals surface area contributed by atoms with Gasteiger partial charge in [0.05, 0.1) is 5.56 Å². The molecule has 1 saturated heterocycles. The van der Waals surface area contributed by atoms with E-state index in [9.17, 15) is 4.79 Å². The van der Waals surface area contributed by atoms with E-state index in [0.717, 1.165) is 42.8 Å². The molecule has 1 aliphatic rings. The molecule has 0 atom stereocenters. The van der Waals surface area contributed by atoms with Gasteiger partial charge in [0.2, 0.25) is 0 Å². The van der Waals surface area contributed by atoms with Crippen molar-refractivity contribution in [2.75, 3.05) is 36.4 Å². The Hall–Kier alpha value is -3.45. The Labute approximate surface area is 162 Å². The van der Waals surface area contributed by atoms with Gasteiger partial charge in [-0.1, -0.05) is 18.2 Å². The van der Waals surface area contributed by atoms with Crippen LogP contribution in [0.4, 0.5) is 11.4 Å². The summed E-state index contributed by atoms with van der Waals surface area (Å²) in [7, 11) is 0. The fourth-order valence-corrected chi connectivity index (χ4v) is 3.35. The molecule has 0 unspecified atom stereocenters. The molecule has 0 aliphatic carbocycles. The molecule has 0 saturated carbocycles. The molecule has 28 heavy (non-hydrogen) atoms. The maximum atomic E-state index is 12.4. The van der Waals surface area contributed by atoms with Crippen LogP contribution < -0.4 is 21.1 Å². The minimum Gasteiger partial charge on any atom is -0.369 e. The highest BCUT2D eigenvalue weighted by Crippen LogP contribution is 2.20. The van der Waals surface area contributed by atoms with Gasteiger partial charge >= 0.3 is 0 Å². The van der Waals surface area contributed by atoms with Crippen molar-refractivity contribution in [3.05, 3.63) is 76.7 Å². The molecule has 1 aromatic heterocycles. The molecular weight excluding hydrogens is 352 g/mol. The second-order valence-corrected chi connectivity index (χ2v) is 6.67. The third-order valence-corrected chi connectivity index (χ3v) is 4.87. The second-order valence-electron chi connectivity index (χ2n) is 6.67. The number of piperazine rings is 1. The first-order chi connectivity index (χ1) is 13.7. The lowest BCUT2D eigenvalue weighted by atomic mass is 10.1. The van der Waals surface area contributed by atoms with Crippen LogP contribution in [-0.2, 0) is 0 Å². The van der Waals surface area contributed by atoms with E-state index in [0.29, 0.717) is 5.56 Å². The van der Waals surface area contributed by atoms with E-state index in [1.165, 1.54) is 5.69 Å². The summed E-state index contributed by atoms with van der Waals surface area (Å²) < 4.78 is 0. The van der Waals surface area contributed by atoms with Gasteiger partial charge < -0.3 is 20.5 Å². The quantitative estimate of drug-likeness (QED) is 0.515. The average Bonchev–Trinajstić information content (AvgIpc) is 2.75. The first-order valence-electron chi connectivity index (χ1n) is 9.27. The van der Waals surface area contributed by atoms with Crippen molar-refractivity contribution in [3.63, 3.8) is 0 Å². The fraction of sp³-hybridized carbons (Fsp3) is 0.190. The van der Waals surface area contributed by atoms with E-state index in [1.807, 2.05) is 36.4 Å². The van der Waals surface area contributed by atoms with Gasteiger partial charge in [-0.2, -0.15) is 5.11 Å². The molecule has 3 aromatic rings. The molecule has 4 rings (SSSR count). The van der Waals surface area contributed by atoms with E-state index in [2.05, 4.69) is 37.8 Å². The van der Waals surface area contributed by atoms with Crippen molar-refractivity contribution in [2.45, 2.75) is 0 Å². The highest BCUT2D eigenvalue weighted by molar-refractivity contribution is 5.82. The van der Waals surface area contributed by atoms with Gasteiger partial charge in [0.15, 0.2) is 0 Å².